The SMILES string of the molecule is CC[C@@H](N)c1ccc(N2CCCCC2CO)cc1. The Hall–Kier alpha value is -1.06. The van der Waals surface area contributed by atoms with Crippen LogP contribution in [0.3, 0.4) is 0 Å². The van der Waals surface area contributed by atoms with Crippen molar-refractivity contribution in [3.05, 3.63) is 29.8 Å². The molecular weight excluding hydrogens is 224 g/mol. The maximum Gasteiger partial charge on any atom is 0.0635 e. The molecular formula is C15H24N2O. The van der Waals surface area contributed by atoms with Crippen molar-refractivity contribution in [3.8, 4) is 0 Å². The molecule has 0 spiro atoms. The number of hydrogen-bond donors (Lipinski definition) is 2. The largest absolute Gasteiger partial charge is 0.394 e. The molecule has 100 valence electrons. The summed E-state index contributed by atoms with van der Waals surface area (Å²) in [5.41, 5.74) is 8.43. The van der Waals surface area contributed by atoms with E-state index in [1.165, 1.54) is 24.1 Å². The van der Waals surface area contributed by atoms with Crippen molar-refractivity contribution < 1.29 is 5.11 Å². The van der Waals surface area contributed by atoms with Crippen molar-refractivity contribution in [2.45, 2.75) is 44.7 Å². The third-order valence-corrected chi connectivity index (χ3v) is 3.93. The van der Waals surface area contributed by atoms with Crippen LogP contribution in [0, 0.1) is 0 Å². The van der Waals surface area contributed by atoms with Crippen LogP contribution in [0.25, 0.3) is 0 Å². The Bertz CT molecular complexity index is 363. The van der Waals surface area contributed by atoms with Crippen LogP contribution in [0.5, 0.6) is 0 Å². The summed E-state index contributed by atoms with van der Waals surface area (Å²) in [4.78, 5) is 2.32. The Kier molecular flexibility index (Phi) is 4.61. The molecule has 18 heavy (non-hydrogen) atoms. The molecule has 0 amide bonds. The molecule has 2 rings (SSSR count). The highest BCUT2D eigenvalue weighted by molar-refractivity contribution is 5.49. The number of hydrogen-bond acceptors (Lipinski definition) is 3. The fraction of sp³-hybridized carbons (Fsp3) is 0.600. The van der Waals surface area contributed by atoms with Crippen molar-refractivity contribution in [1.29, 1.82) is 0 Å². The first-order valence-electron chi connectivity index (χ1n) is 6.99. The number of rotatable bonds is 4. The minimum absolute atomic E-state index is 0.133. The van der Waals surface area contributed by atoms with Crippen LogP contribution in [-0.2, 0) is 0 Å². The first kappa shape index (κ1) is 13.4. The molecule has 1 saturated heterocycles. The highest BCUT2D eigenvalue weighted by Gasteiger charge is 2.21. The van der Waals surface area contributed by atoms with Gasteiger partial charge in [-0.25, -0.2) is 0 Å². The van der Waals surface area contributed by atoms with Crippen molar-refractivity contribution in [2.75, 3.05) is 18.1 Å². The van der Waals surface area contributed by atoms with Gasteiger partial charge in [-0.1, -0.05) is 19.1 Å². The molecule has 1 aromatic rings. The second-order valence-corrected chi connectivity index (χ2v) is 5.13. The third kappa shape index (κ3) is 2.85. The van der Waals surface area contributed by atoms with Crippen LogP contribution in [0.15, 0.2) is 24.3 Å². The lowest BCUT2D eigenvalue weighted by atomic mass is 10.0. The summed E-state index contributed by atoms with van der Waals surface area (Å²) in [6.45, 7) is 3.39. The van der Waals surface area contributed by atoms with E-state index in [4.69, 9.17) is 5.73 Å². The molecule has 0 aromatic heterocycles. The molecule has 3 N–H and O–H groups in total. The number of nitrogens with two attached hydrogens (primary N) is 1. The van der Waals surface area contributed by atoms with Crippen LogP contribution < -0.4 is 10.6 Å². The second kappa shape index (κ2) is 6.21. The van der Waals surface area contributed by atoms with Gasteiger partial charge in [0.05, 0.1) is 12.6 Å². The van der Waals surface area contributed by atoms with Gasteiger partial charge in [0.25, 0.3) is 0 Å². The smallest absolute Gasteiger partial charge is 0.0635 e. The number of aliphatic hydroxyl groups is 1. The summed E-state index contributed by atoms with van der Waals surface area (Å²) < 4.78 is 0. The molecule has 1 fully saturated rings. The van der Waals surface area contributed by atoms with Gasteiger partial charge >= 0.3 is 0 Å². The summed E-state index contributed by atoms with van der Waals surface area (Å²) in [6, 6.07) is 8.93. The van der Waals surface area contributed by atoms with E-state index in [0.29, 0.717) is 0 Å². The van der Waals surface area contributed by atoms with Gasteiger partial charge in [-0.05, 0) is 43.4 Å². The molecule has 3 nitrogen and oxygen atoms in total. The molecule has 1 heterocycles. The maximum absolute atomic E-state index is 9.44. The highest BCUT2D eigenvalue weighted by atomic mass is 16.3. The van der Waals surface area contributed by atoms with Crippen LogP contribution in [0.1, 0.15) is 44.2 Å². The van der Waals surface area contributed by atoms with Gasteiger partial charge in [-0.2, -0.15) is 0 Å². The lowest BCUT2D eigenvalue weighted by Gasteiger charge is -2.36. The molecule has 0 bridgehead atoms. The lowest BCUT2D eigenvalue weighted by molar-refractivity contribution is 0.240. The van der Waals surface area contributed by atoms with E-state index >= 15 is 0 Å². The molecule has 1 aliphatic heterocycles. The lowest BCUT2D eigenvalue weighted by Crippen LogP contribution is -2.41. The number of nitrogens with zero attached hydrogens (tertiary/aromatic N) is 1. The van der Waals surface area contributed by atoms with Gasteiger partial charge in [-0.15, -0.1) is 0 Å². The van der Waals surface area contributed by atoms with Crippen molar-refractivity contribution >= 4 is 5.69 Å². The molecule has 2 atom stereocenters. The zero-order chi connectivity index (χ0) is 13.0. The molecule has 3 heteroatoms. The summed E-state index contributed by atoms with van der Waals surface area (Å²) in [5, 5.41) is 9.44. The van der Waals surface area contributed by atoms with Gasteiger partial charge in [0.15, 0.2) is 0 Å². The van der Waals surface area contributed by atoms with Crippen LogP contribution in [-0.4, -0.2) is 24.3 Å². The Labute approximate surface area is 110 Å². The number of aliphatic hydroxyl groups excluding tert-OH is 1. The van der Waals surface area contributed by atoms with E-state index in [1.54, 1.807) is 0 Å². The molecule has 1 aliphatic rings. The third-order valence-electron chi connectivity index (χ3n) is 3.93. The van der Waals surface area contributed by atoms with Crippen molar-refractivity contribution in [1.82, 2.24) is 0 Å². The van der Waals surface area contributed by atoms with Crippen molar-refractivity contribution in [3.63, 3.8) is 0 Å². The maximum atomic E-state index is 9.44. The summed E-state index contributed by atoms with van der Waals surface area (Å²) in [7, 11) is 0. The monoisotopic (exact) mass is 248 g/mol. The number of benzene rings is 1. The van der Waals surface area contributed by atoms with E-state index in [-0.39, 0.29) is 18.7 Å². The predicted molar refractivity (Wildman–Crippen MR) is 75.7 cm³/mol. The Morgan fingerprint density at radius 2 is 2.06 bits per heavy atom. The molecule has 0 saturated carbocycles. The first-order chi connectivity index (χ1) is 8.76. The Balaban J connectivity index is 2.12. The first-order valence-corrected chi connectivity index (χ1v) is 6.99. The fourth-order valence-corrected chi connectivity index (χ4v) is 2.68. The molecule has 1 aromatic carbocycles. The van der Waals surface area contributed by atoms with Crippen LogP contribution in [0.2, 0.25) is 0 Å². The average Bonchev–Trinajstić information content (AvgIpc) is 2.46. The quantitative estimate of drug-likeness (QED) is 0.860. The van der Waals surface area contributed by atoms with Gasteiger partial charge in [-0.3, -0.25) is 0 Å². The number of piperidine rings is 1. The van der Waals surface area contributed by atoms with E-state index in [9.17, 15) is 5.11 Å². The van der Waals surface area contributed by atoms with Crippen LogP contribution >= 0.6 is 0 Å². The van der Waals surface area contributed by atoms with E-state index < -0.39 is 0 Å². The standard InChI is InChI=1S/C15H24N2O/c1-2-15(16)12-6-8-13(9-7-12)17-10-4-3-5-14(17)11-18/h6-9,14-15,18H,2-5,10-11,16H2,1H3/t14?,15-/m1/s1. The molecule has 0 radical (unpaired) electrons. The Morgan fingerprint density at radius 1 is 1.33 bits per heavy atom. The minimum Gasteiger partial charge on any atom is -0.394 e. The van der Waals surface area contributed by atoms with Gasteiger partial charge in [0.2, 0.25) is 0 Å². The molecule has 1 unspecified atom stereocenters. The molecule has 0 aliphatic carbocycles. The fourth-order valence-electron chi connectivity index (χ4n) is 2.68. The topological polar surface area (TPSA) is 49.5 Å². The van der Waals surface area contributed by atoms with E-state index in [2.05, 4.69) is 36.1 Å². The van der Waals surface area contributed by atoms with Gasteiger partial charge < -0.3 is 15.7 Å². The minimum atomic E-state index is 0.133. The summed E-state index contributed by atoms with van der Waals surface area (Å²) in [6.07, 6.45) is 4.49. The summed E-state index contributed by atoms with van der Waals surface area (Å²) in [5.74, 6) is 0. The van der Waals surface area contributed by atoms with Gasteiger partial charge in [0, 0.05) is 18.3 Å². The normalized spacial score (nSPS) is 21.9. The number of anilines is 1. The zero-order valence-electron chi connectivity index (χ0n) is 11.2. The van der Waals surface area contributed by atoms with Crippen molar-refractivity contribution in [2.24, 2.45) is 5.73 Å². The predicted octanol–water partition coefficient (Wildman–Crippen LogP) is 2.45. The van der Waals surface area contributed by atoms with Gasteiger partial charge in [0.1, 0.15) is 0 Å². The second-order valence-electron chi connectivity index (χ2n) is 5.13. The summed E-state index contributed by atoms with van der Waals surface area (Å²) >= 11 is 0. The van der Waals surface area contributed by atoms with E-state index in [0.717, 1.165) is 19.4 Å². The van der Waals surface area contributed by atoms with E-state index in [1.807, 2.05) is 0 Å². The highest BCUT2D eigenvalue weighted by Crippen LogP contribution is 2.26. The van der Waals surface area contributed by atoms with Crippen LogP contribution in [0.4, 0.5) is 5.69 Å². The zero-order valence-corrected chi connectivity index (χ0v) is 11.2. The average molecular weight is 248 g/mol. The Morgan fingerprint density at radius 3 is 2.67 bits per heavy atom.